The predicted octanol–water partition coefficient (Wildman–Crippen LogP) is 4.67. The Morgan fingerprint density at radius 3 is 1.68 bits per heavy atom. The molecule has 0 saturated heterocycles. The van der Waals surface area contributed by atoms with E-state index in [1.54, 1.807) is 48.5 Å². The van der Waals surface area contributed by atoms with Crippen LogP contribution < -0.4 is 0 Å². The summed E-state index contributed by atoms with van der Waals surface area (Å²) in [5, 5.41) is 1.75. The molecule has 0 saturated carbocycles. The predicted molar refractivity (Wildman–Crippen MR) is 102 cm³/mol. The Bertz CT molecular complexity index is 1100. The molecular formula is C20H15O7P. The summed E-state index contributed by atoms with van der Waals surface area (Å²) in [7, 11) is -3.00. The molecule has 0 spiro atoms. The fraction of sp³-hybridized carbons (Fsp3) is 0.100. The van der Waals surface area contributed by atoms with Gasteiger partial charge in [-0.2, -0.15) is 0 Å². The number of rotatable bonds is 8. The lowest BCUT2D eigenvalue weighted by atomic mass is 10.1. The molecule has 8 heteroatoms. The maximum Gasteiger partial charge on any atom is 0.320 e. The highest BCUT2D eigenvalue weighted by molar-refractivity contribution is 7.33. The van der Waals surface area contributed by atoms with Gasteiger partial charge in [0.05, 0.1) is 12.5 Å². The Hall–Kier alpha value is -2.99. The fourth-order valence-electron chi connectivity index (χ4n) is 2.71. The van der Waals surface area contributed by atoms with Gasteiger partial charge in [0.15, 0.2) is 11.6 Å². The van der Waals surface area contributed by atoms with Crippen LogP contribution >= 0.6 is 8.25 Å². The maximum atomic E-state index is 12.2. The molecule has 0 N–H and O–H groups in total. The molecule has 4 aromatic rings. The third kappa shape index (κ3) is 3.97. The van der Waals surface area contributed by atoms with Crippen LogP contribution in [-0.2, 0) is 13.6 Å². The second-order valence-corrected chi connectivity index (χ2v) is 7.10. The number of furan rings is 2. The molecule has 4 rings (SSSR count). The van der Waals surface area contributed by atoms with Gasteiger partial charge in [0.25, 0.3) is 0 Å². The van der Waals surface area contributed by atoms with Gasteiger partial charge in [0.1, 0.15) is 24.4 Å². The number of ketones is 2. The molecule has 2 aromatic carbocycles. The second kappa shape index (κ2) is 7.94. The zero-order chi connectivity index (χ0) is 19.5. The summed E-state index contributed by atoms with van der Waals surface area (Å²) in [6.07, 6.45) is 3.06. The van der Waals surface area contributed by atoms with Crippen LogP contribution in [0.3, 0.4) is 0 Å². The fourth-order valence-corrected chi connectivity index (χ4v) is 3.29. The van der Waals surface area contributed by atoms with Crippen LogP contribution in [0.4, 0.5) is 0 Å². The molecule has 7 nitrogen and oxygen atoms in total. The molecule has 2 aromatic heterocycles. The first-order chi connectivity index (χ1) is 13.6. The van der Waals surface area contributed by atoms with E-state index < -0.39 is 21.5 Å². The van der Waals surface area contributed by atoms with Crippen molar-refractivity contribution in [1.82, 2.24) is 0 Å². The Labute approximate surface area is 159 Å². The highest BCUT2D eigenvalue weighted by atomic mass is 31.1. The molecule has 142 valence electrons. The number of hydrogen-bond donors (Lipinski definition) is 0. The molecule has 28 heavy (non-hydrogen) atoms. The molecule has 0 aliphatic heterocycles. The molecule has 2 heterocycles. The minimum atomic E-state index is -3.00. The SMILES string of the molecule is O=C(CO[PH](=O)OCC(=O)c1ccc2ccoc2c1)c1ccc2ccoc2c1. The van der Waals surface area contributed by atoms with E-state index in [0.717, 1.165) is 10.8 Å². The first-order valence-electron chi connectivity index (χ1n) is 8.40. The zero-order valence-corrected chi connectivity index (χ0v) is 15.5. The average molecular weight is 398 g/mol. The highest BCUT2D eigenvalue weighted by Gasteiger charge is 2.13. The Balaban J connectivity index is 1.29. The summed E-state index contributed by atoms with van der Waals surface area (Å²) in [5.41, 5.74) is 1.91. The molecule has 0 amide bonds. The van der Waals surface area contributed by atoms with Crippen LogP contribution in [0.2, 0.25) is 0 Å². The summed E-state index contributed by atoms with van der Waals surface area (Å²) < 4.78 is 32.3. The van der Waals surface area contributed by atoms with E-state index in [1.807, 2.05) is 0 Å². The van der Waals surface area contributed by atoms with E-state index in [4.69, 9.17) is 17.9 Å². The van der Waals surface area contributed by atoms with Gasteiger partial charge in [-0.3, -0.25) is 14.2 Å². The molecular weight excluding hydrogens is 383 g/mol. The van der Waals surface area contributed by atoms with Crippen molar-refractivity contribution >= 4 is 41.8 Å². The Kier molecular flexibility index (Phi) is 5.21. The van der Waals surface area contributed by atoms with Gasteiger partial charge in [-0.05, 0) is 24.3 Å². The van der Waals surface area contributed by atoms with Gasteiger partial charge in [-0.15, -0.1) is 0 Å². The van der Waals surface area contributed by atoms with E-state index in [9.17, 15) is 14.2 Å². The lowest BCUT2D eigenvalue weighted by molar-refractivity contribution is 0.0877. The minimum Gasteiger partial charge on any atom is -0.464 e. The van der Waals surface area contributed by atoms with Crippen molar-refractivity contribution in [1.29, 1.82) is 0 Å². The molecule has 0 radical (unpaired) electrons. The number of fused-ring (bicyclic) bond motifs is 2. The number of hydrogen-bond acceptors (Lipinski definition) is 7. The van der Waals surface area contributed by atoms with Crippen molar-refractivity contribution in [2.45, 2.75) is 0 Å². The van der Waals surface area contributed by atoms with Crippen LogP contribution in [0.1, 0.15) is 20.7 Å². The van der Waals surface area contributed by atoms with Gasteiger partial charge in [-0.1, -0.05) is 24.3 Å². The number of carbonyl (C=O) groups is 2. The number of benzene rings is 2. The molecule has 0 atom stereocenters. The third-order valence-corrected chi connectivity index (χ3v) is 4.96. The number of carbonyl (C=O) groups excluding carboxylic acids is 2. The average Bonchev–Trinajstić information content (AvgIpc) is 3.37. The van der Waals surface area contributed by atoms with Crippen LogP contribution in [0.25, 0.3) is 21.9 Å². The third-order valence-electron chi connectivity index (χ3n) is 4.20. The van der Waals surface area contributed by atoms with E-state index in [-0.39, 0.29) is 11.6 Å². The van der Waals surface area contributed by atoms with Gasteiger partial charge in [0, 0.05) is 21.9 Å². The second-order valence-electron chi connectivity index (χ2n) is 6.02. The topological polar surface area (TPSA) is 96.0 Å². The van der Waals surface area contributed by atoms with E-state index in [0.29, 0.717) is 22.3 Å². The summed E-state index contributed by atoms with van der Waals surface area (Å²) in [4.78, 5) is 24.3. The van der Waals surface area contributed by atoms with Gasteiger partial charge in [-0.25, -0.2) is 0 Å². The smallest absolute Gasteiger partial charge is 0.320 e. The van der Waals surface area contributed by atoms with Crippen molar-refractivity contribution < 1.29 is 32.0 Å². The first-order valence-corrected chi connectivity index (χ1v) is 9.63. The molecule has 0 unspecified atom stereocenters. The molecule has 0 aliphatic carbocycles. The van der Waals surface area contributed by atoms with Gasteiger partial charge >= 0.3 is 8.25 Å². The highest BCUT2D eigenvalue weighted by Crippen LogP contribution is 2.25. The van der Waals surface area contributed by atoms with Crippen LogP contribution in [-0.4, -0.2) is 24.8 Å². The zero-order valence-electron chi connectivity index (χ0n) is 14.5. The van der Waals surface area contributed by atoms with Crippen molar-refractivity contribution in [2.24, 2.45) is 0 Å². The lowest BCUT2D eigenvalue weighted by Crippen LogP contribution is -2.09. The van der Waals surface area contributed by atoms with E-state index in [2.05, 4.69) is 0 Å². The standard InChI is InChI=1S/C20H15O7P/c21-17(15-3-1-13-5-7-24-19(13)9-15)11-26-28(23)27-12-18(22)16-4-2-14-6-8-25-20(14)10-16/h1-10,28H,11-12H2. The normalized spacial score (nSPS) is 11.5. The Morgan fingerprint density at radius 2 is 1.21 bits per heavy atom. The quantitative estimate of drug-likeness (QED) is 0.314. The minimum absolute atomic E-state index is 0.366. The van der Waals surface area contributed by atoms with Crippen LogP contribution in [0.5, 0.6) is 0 Å². The summed E-state index contributed by atoms with van der Waals surface area (Å²) in [6.45, 7) is -0.840. The number of Topliss-reactive ketones (excluding diaryl/α,β-unsaturated/α-hetero) is 2. The van der Waals surface area contributed by atoms with Crippen molar-refractivity contribution in [3.63, 3.8) is 0 Å². The van der Waals surface area contributed by atoms with Gasteiger partial charge < -0.3 is 17.9 Å². The summed E-state index contributed by atoms with van der Waals surface area (Å²) in [5.74, 6) is -0.732. The molecule has 0 fully saturated rings. The van der Waals surface area contributed by atoms with Crippen molar-refractivity contribution in [2.75, 3.05) is 13.2 Å². The van der Waals surface area contributed by atoms with Crippen molar-refractivity contribution in [3.05, 3.63) is 72.2 Å². The largest absolute Gasteiger partial charge is 0.464 e. The summed E-state index contributed by atoms with van der Waals surface area (Å²) >= 11 is 0. The van der Waals surface area contributed by atoms with Crippen molar-refractivity contribution in [3.8, 4) is 0 Å². The van der Waals surface area contributed by atoms with E-state index in [1.165, 1.54) is 12.5 Å². The monoisotopic (exact) mass is 398 g/mol. The lowest BCUT2D eigenvalue weighted by Gasteiger charge is -2.05. The van der Waals surface area contributed by atoms with Crippen LogP contribution in [0.15, 0.2) is 69.9 Å². The first kappa shape index (κ1) is 18.4. The molecule has 0 bridgehead atoms. The summed E-state index contributed by atoms with van der Waals surface area (Å²) in [6, 6.07) is 13.5. The van der Waals surface area contributed by atoms with E-state index >= 15 is 0 Å². The molecule has 0 aliphatic rings. The van der Waals surface area contributed by atoms with Crippen LogP contribution in [0, 0.1) is 0 Å². The van der Waals surface area contributed by atoms with Gasteiger partial charge in [0.2, 0.25) is 0 Å². The Morgan fingerprint density at radius 1 is 0.750 bits per heavy atom. The maximum absolute atomic E-state index is 12.2.